The summed E-state index contributed by atoms with van der Waals surface area (Å²) in [5.41, 5.74) is 0.638. The fourth-order valence-corrected chi connectivity index (χ4v) is 3.70. The molecule has 0 fully saturated rings. The monoisotopic (exact) mass is 386 g/mol. The molecule has 0 aromatic heterocycles. The minimum absolute atomic E-state index is 0.133. The fraction of sp³-hybridized carbons (Fsp3) is 0.211. The number of nitrogens with one attached hydrogen (secondary N) is 1. The maximum Gasteiger partial charge on any atom is 0.328 e. The molecule has 1 amide bonds. The highest BCUT2D eigenvalue weighted by Crippen LogP contribution is 2.13. The number of hydrogen-bond donors (Lipinski definition) is 1. The van der Waals surface area contributed by atoms with Gasteiger partial charge >= 0.3 is 5.97 Å². The van der Waals surface area contributed by atoms with Gasteiger partial charge in [-0.05, 0) is 42.8 Å². The molecule has 0 aliphatic carbocycles. The lowest BCUT2D eigenvalue weighted by Crippen LogP contribution is -2.42. The van der Waals surface area contributed by atoms with Crippen molar-refractivity contribution in [1.29, 1.82) is 5.26 Å². The summed E-state index contributed by atoms with van der Waals surface area (Å²) >= 11 is 0. The number of methoxy groups -OCH3 is 1. The van der Waals surface area contributed by atoms with E-state index in [2.05, 4.69) is 10.1 Å². The number of nitrogens with zero attached hydrogens (tertiary/aromatic N) is 1. The lowest BCUT2D eigenvalue weighted by Gasteiger charge is -2.16. The van der Waals surface area contributed by atoms with Crippen LogP contribution in [0.5, 0.6) is 0 Å². The molecule has 0 heterocycles. The average Bonchev–Trinajstić information content (AvgIpc) is 2.71. The zero-order valence-electron chi connectivity index (χ0n) is 14.6. The van der Waals surface area contributed by atoms with Gasteiger partial charge in [0.2, 0.25) is 0 Å². The van der Waals surface area contributed by atoms with Gasteiger partial charge in [0.1, 0.15) is 6.04 Å². The predicted octanol–water partition coefficient (Wildman–Crippen LogP) is 1.69. The molecule has 0 bridgehead atoms. The van der Waals surface area contributed by atoms with E-state index in [1.54, 1.807) is 18.2 Å². The van der Waals surface area contributed by atoms with Crippen molar-refractivity contribution in [2.75, 3.05) is 12.9 Å². The van der Waals surface area contributed by atoms with Gasteiger partial charge in [-0.15, -0.1) is 0 Å². The Labute approximate surface area is 157 Å². The molecule has 2 rings (SSSR count). The maximum atomic E-state index is 12.4. The van der Waals surface area contributed by atoms with Gasteiger partial charge in [-0.3, -0.25) is 4.79 Å². The fourth-order valence-electron chi connectivity index (χ4n) is 2.35. The Morgan fingerprint density at radius 3 is 2.30 bits per heavy atom. The van der Waals surface area contributed by atoms with E-state index in [9.17, 15) is 18.0 Å². The summed E-state index contributed by atoms with van der Waals surface area (Å²) in [7, 11) is -2.44. The number of hydrogen-bond acceptors (Lipinski definition) is 6. The Hall–Kier alpha value is -3.18. The number of benzene rings is 2. The molecule has 1 N–H and O–H groups in total. The highest BCUT2D eigenvalue weighted by atomic mass is 32.2. The molecule has 27 heavy (non-hydrogen) atoms. The predicted molar refractivity (Wildman–Crippen MR) is 97.5 cm³/mol. The van der Waals surface area contributed by atoms with Crippen LogP contribution in [0.25, 0.3) is 0 Å². The third-order valence-electron chi connectivity index (χ3n) is 3.84. The summed E-state index contributed by atoms with van der Waals surface area (Å²) in [5.74, 6) is -1.63. The van der Waals surface area contributed by atoms with E-state index in [1.807, 2.05) is 6.07 Å². The average molecular weight is 386 g/mol. The van der Waals surface area contributed by atoms with Crippen LogP contribution in [0.4, 0.5) is 0 Å². The van der Waals surface area contributed by atoms with E-state index in [-0.39, 0.29) is 22.6 Å². The van der Waals surface area contributed by atoms with Gasteiger partial charge in [-0.2, -0.15) is 5.26 Å². The number of carbonyl (C=O) groups is 2. The highest BCUT2D eigenvalue weighted by molar-refractivity contribution is 7.91. The first-order valence-electron chi connectivity index (χ1n) is 8.04. The van der Waals surface area contributed by atoms with Crippen molar-refractivity contribution in [2.45, 2.75) is 17.4 Å². The van der Waals surface area contributed by atoms with Crippen LogP contribution in [-0.2, 0) is 19.4 Å². The van der Waals surface area contributed by atoms with E-state index >= 15 is 0 Å². The summed E-state index contributed by atoms with van der Waals surface area (Å²) in [6.45, 7) is 0. The van der Waals surface area contributed by atoms with Gasteiger partial charge < -0.3 is 10.1 Å². The third kappa shape index (κ3) is 5.39. The van der Waals surface area contributed by atoms with Crippen LogP contribution in [0, 0.1) is 11.3 Å². The summed E-state index contributed by atoms with van der Waals surface area (Å²) in [6, 6.07) is 14.5. The topological polar surface area (TPSA) is 113 Å². The Morgan fingerprint density at radius 1 is 1.11 bits per heavy atom. The molecular weight excluding hydrogens is 368 g/mol. The largest absolute Gasteiger partial charge is 0.467 e. The van der Waals surface area contributed by atoms with E-state index in [0.29, 0.717) is 5.56 Å². The van der Waals surface area contributed by atoms with E-state index in [1.165, 1.54) is 36.4 Å². The first kappa shape index (κ1) is 20.1. The Bertz CT molecular complexity index is 948. The van der Waals surface area contributed by atoms with Gasteiger partial charge in [0.25, 0.3) is 5.91 Å². The van der Waals surface area contributed by atoms with Gasteiger partial charge in [0, 0.05) is 5.56 Å². The summed E-state index contributed by atoms with van der Waals surface area (Å²) in [5, 5.41) is 11.3. The molecule has 0 saturated heterocycles. The smallest absolute Gasteiger partial charge is 0.328 e. The van der Waals surface area contributed by atoms with Crippen molar-refractivity contribution in [2.24, 2.45) is 0 Å². The molecule has 7 nitrogen and oxygen atoms in total. The minimum atomic E-state index is -3.60. The minimum Gasteiger partial charge on any atom is -0.467 e. The van der Waals surface area contributed by atoms with Gasteiger partial charge in [0.15, 0.2) is 9.84 Å². The zero-order chi connectivity index (χ0) is 19.9. The van der Waals surface area contributed by atoms with Crippen molar-refractivity contribution in [1.82, 2.24) is 5.32 Å². The van der Waals surface area contributed by atoms with E-state index in [0.717, 1.165) is 7.11 Å². The third-order valence-corrected chi connectivity index (χ3v) is 5.61. The lowest BCUT2D eigenvalue weighted by atomic mass is 10.1. The van der Waals surface area contributed by atoms with Gasteiger partial charge in [-0.25, -0.2) is 13.2 Å². The molecule has 8 heteroatoms. The normalized spacial score (nSPS) is 11.9. The van der Waals surface area contributed by atoms with Crippen LogP contribution in [0.1, 0.15) is 22.3 Å². The number of esters is 1. The van der Waals surface area contributed by atoms with Gasteiger partial charge in [-0.1, -0.05) is 18.2 Å². The Morgan fingerprint density at radius 2 is 1.74 bits per heavy atom. The molecule has 0 saturated carbocycles. The molecule has 1 atom stereocenters. The molecule has 0 spiro atoms. The number of carbonyl (C=O) groups excluding carboxylic acids is 2. The Balaban J connectivity index is 2.10. The number of sulfone groups is 1. The van der Waals surface area contributed by atoms with Crippen molar-refractivity contribution in [3.8, 4) is 6.07 Å². The molecule has 2 aromatic carbocycles. The number of amides is 1. The second-order valence-corrected chi connectivity index (χ2v) is 7.77. The van der Waals surface area contributed by atoms with Gasteiger partial charge in [0.05, 0.1) is 29.4 Å². The number of nitriles is 1. The van der Waals surface area contributed by atoms with Crippen molar-refractivity contribution in [3.05, 3.63) is 65.7 Å². The first-order chi connectivity index (χ1) is 12.9. The van der Waals surface area contributed by atoms with Crippen LogP contribution in [0.2, 0.25) is 0 Å². The molecule has 0 aliphatic heterocycles. The lowest BCUT2D eigenvalue weighted by molar-refractivity contribution is -0.142. The SMILES string of the molecule is COC(=O)[C@@H](CCS(=O)(=O)c1ccccc1)NC(=O)c1ccc(C#N)cc1. The van der Waals surface area contributed by atoms with E-state index in [4.69, 9.17) is 5.26 Å². The second kappa shape index (κ2) is 8.96. The van der Waals surface area contributed by atoms with Crippen LogP contribution < -0.4 is 5.32 Å². The summed E-state index contributed by atoms with van der Waals surface area (Å²) in [4.78, 5) is 24.4. The molecule has 140 valence electrons. The van der Waals surface area contributed by atoms with E-state index < -0.39 is 27.8 Å². The molecule has 2 aromatic rings. The first-order valence-corrected chi connectivity index (χ1v) is 9.69. The quantitative estimate of drug-likeness (QED) is 0.725. The summed E-state index contributed by atoms with van der Waals surface area (Å²) in [6.07, 6.45) is -0.133. The number of rotatable bonds is 7. The number of ether oxygens (including phenoxy) is 1. The molecule has 0 unspecified atom stereocenters. The van der Waals surface area contributed by atoms with Crippen molar-refractivity contribution < 1.29 is 22.7 Å². The van der Waals surface area contributed by atoms with Crippen LogP contribution in [-0.4, -0.2) is 39.2 Å². The molecule has 0 aliphatic rings. The molecular formula is C19H18N2O5S. The molecule has 0 radical (unpaired) electrons. The van der Waals surface area contributed by atoms with Crippen LogP contribution in [0.3, 0.4) is 0 Å². The van der Waals surface area contributed by atoms with Crippen LogP contribution in [0.15, 0.2) is 59.5 Å². The maximum absolute atomic E-state index is 12.4. The van der Waals surface area contributed by atoms with Crippen molar-refractivity contribution in [3.63, 3.8) is 0 Å². The zero-order valence-corrected chi connectivity index (χ0v) is 15.4. The van der Waals surface area contributed by atoms with Crippen LogP contribution >= 0.6 is 0 Å². The van der Waals surface area contributed by atoms with Crippen molar-refractivity contribution >= 4 is 21.7 Å². The highest BCUT2D eigenvalue weighted by Gasteiger charge is 2.25. The Kier molecular flexibility index (Phi) is 6.68. The summed E-state index contributed by atoms with van der Waals surface area (Å²) < 4.78 is 29.4. The standard InChI is InChI=1S/C19H18N2O5S/c1-26-19(23)17(11-12-27(24,25)16-5-3-2-4-6-16)21-18(22)15-9-7-14(13-20)8-10-15/h2-10,17H,11-12H2,1H3,(H,21,22)/t17-/m1/s1. The second-order valence-electron chi connectivity index (χ2n) is 5.66.